The summed E-state index contributed by atoms with van der Waals surface area (Å²) in [6.07, 6.45) is 9.39. The highest BCUT2D eigenvalue weighted by Gasteiger charge is 2.75. The fourth-order valence-corrected chi connectivity index (χ4v) is 9.05. The molecule has 2 bridgehead atoms. The Bertz CT molecular complexity index is 872. The molecule has 0 N–H and O–H groups in total. The molecule has 0 amide bonds. The summed E-state index contributed by atoms with van der Waals surface area (Å²) in [5.41, 5.74) is 1.04. The highest BCUT2D eigenvalue weighted by molar-refractivity contribution is 5.66. The number of hydrogen-bond donors (Lipinski definition) is 0. The predicted molar refractivity (Wildman–Crippen MR) is 111 cm³/mol. The molecule has 3 aliphatic carbocycles. The van der Waals surface area contributed by atoms with E-state index in [0.29, 0.717) is 51.1 Å². The largest absolute Gasteiger partial charge is 0.433 e. The van der Waals surface area contributed by atoms with Crippen molar-refractivity contribution in [3.8, 4) is 0 Å². The Balaban J connectivity index is 1.33. The molecular weight excluding hydrogens is 412 g/mol. The first kappa shape index (κ1) is 20.4. The van der Waals surface area contributed by atoms with Crippen LogP contribution in [0.15, 0.2) is 11.6 Å². The zero-order chi connectivity index (χ0) is 21.8. The number of fused-ring (bicyclic) bond motifs is 4. The molecule has 3 spiro atoms. The van der Waals surface area contributed by atoms with E-state index < -0.39 is 17.4 Å². The zero-order valence-electron chi connectivity index (χ0n) is 19.2. The van der Waals surface area contributed by atoms with Crippen LogP contribution in [-0.4, -0.2) is 55.9 Å². The van der Waals surface area contributed by atoms with Crippen molar-refractivity contribution in [1.82, 2.24) is 0 Å². The summed E-state index contributed by atoms with van der Waals surface area (Å²) in [7, 11) is 0. The fourth-order valence-electron chi connectivity index (χ4n) is 9.05. The molecule has 0 aromatic rings. The van der Waals surface area contributed by atoms with Gasteiger partial charge in [-0.05, 0) is 31.1 Å². The molecule has 176 valence electrons. The van der Waals surface area contributed by atoms with Crippen LogP contribution in [0.4, 0.5) is 0 Å². The molecule has 0 unspecified atom stereocenters. The summed E-state index contributed by atoms with van der Waals surface area (Å²) in [4.78, 5) is 12.4. The molecule has 4 heterocycles. The minimum absolute atomic E-state index is 0.0454. The van der Waals surface area contributed by atoms with Crippen LogP contribution >= 0.6 is 0 Å². The third-order valence-corrected chi connectivity index (χ3v) is 10.1. The van der Waals surface area contributed by atoms with E-state index in [1.807, 2.05) is 0 Å². The lowest BCUT2D eigenvalue weighted by Gasteiger charge is -2.54. The van der Waals surface area contributed by atoms with Gasteiger partial charge in [-0.15, -0.1) is 0 Å². The molecule has 0 radical (unpaired) electrons. The van der Waals surface area contributed by atoms with Crippen molar-refractivity contribution in [1.29, 1.82) is 0 Å². The Morgan fingerprint density at radius 3 is 2.53 bits per heavy atom. The second-order valence-corrected chi connectivity index (χ2v) is 11.5. The highest BCUT2D eigenvalue weighted by atomic mass is 16.8. The van der Waals surface area contributed by atoms with Gasteiger partial charge in [0.2, 0.25) is 5.79 Å². The van der Waals surface area contributed by atoms with Crippen molar-refractivity contribution in [2.45, 2.75) is 88.7 Å². The molecule has 7 rings (SSSR count). The maximum Gasteiger partial charge on any atom is 0.305 e. The summed E-state index contributed by atoms with van der Waals surface area (Å²) in [5, 5.41) is 0. The molecule has 2 saturated carbocycles. The summed E-state index contributed by atoms with van der Waals surface area (Å²) in [5.74, 6) is -1.49. The van der Waals surface area contributed by atoms with Gasteiger partial charge in [-0.2, -0.15) is 0 Å². The van der Waals surface area contributed by atoms with Crippen LogP contribution in [0, 0.1) is 22.7 Å². The lowest BCUT2D eigenvalue weighted by Crippen LogP contribution is -2.56. The lowest BCUT2D eigenvalue weighted by atomic mass is 9.52. The molecular formula is C25H34O7. The summed E-state index contributed by atoms with van der Waals surface area (Å²) in [6.45, 7) is 6.40. The molecule has 4 aliphatic heterocycles. The molecule has 6 atom stereocenters. The van der Waals surface area contributed by atoms with E-state index >= 15 is 0 Å². The third-order valence-electron chi connectivity index (χ3n) is 10.1. The fraction of sp³-hybridized carbons (Fsp3) is 0.880. The lowest BCUT2D eigenvalue weighted by molar-refractivity contribution is -0.268. The minimum Gasteiger partial charge on any atom is -0.433 e. The molecule has 7 aliphatic rings. The molecule has 4 saturated heterocycles. The van der Waals surface area contributed by atoms with E-state index in [0.717, 1.165) is 38.5 Å². The SMILES string of the molecule is CC(=O)O[C@@]12C[C@]34CCC5(CC3=CC[C@H]([C@@H]4O1)[C@@H]1CCC3(OCCO3)[C@@]1(C)C2)OCCO5. The quantitative estimate of drug-likeness (QED) is 0.451. The summed E-state index contributed by atoms with van der Waals surface area (Å²) < 4.78 is 37.9. The zero-order valence-corrected chi connectivity index (χ0v) is 19.2. The standard InChI is InChI=1S/C25H34O7/c1-16(26)31-24-14-21(2)19(5-6-25(21)29-11-12-30-25)18-4-3-17-13-23(27-9-10-28-23)8-7-22(17,15-24)20(18)32-24/h3,18-20H,4-15H2,1-2H3/t18-,19-,20-,21-,22+,24+/m0/s1. The maximum absolute atomic E-state index is 12.4. The molecule has 6 fully saturated rings. The topological polar surface area (TPSA) is 72.5 Å². The van der Waals surface area contributed by atoms with Gasteiger partial charge < -0.3 is 28.4 Å². The number of rotatable bonds is 1. The van der Waals surface area contributed by atoms with Crippen LogP contribution in [0.25, 0.3) is 0 Å². The average Bonchev–Trinajstić information content (AvgIpc) is 3.49. The van der Waals surface area contributed by atoms with Crippen LogP contribution in [-0.2, 0) is 33.2 Å². The van der Waals surface area contributed by atoms with Crippen molar-refractivity contribution in [2.75, 3.05) is 26.4 Å². The number of esters is 1. The van der Waals surface area contributed by atoms with Crippen molar-refractivity contribution in [3.05, 3.63) is 11.6 Å². The van der Waals surface area contributed by atoms with Gasteiger partial charge in [0.25, 0.3) is 0 Å². The third kappa shape index (κ3) is 2.42. The van der Waals surface area contributed by atoms with Crippen molar-refractivity contribution in [3.63, 3.8) is 0 Å². The molecule has 7 nitrogen and oxygen atoms in total. The van der Waals surface area contributed by atoms with E-state index in [-0.39, 0.29) is 22.9 Å². The van der Waals surface area contributed by atoms with Crippen LogP contribution in [0.2, 0.25) is 0 Å². The van der Waals surface area contributed by atoms with E-state index in [1.54, 1.807) is 0 Å². The van der Waals surface area contributed by atoms with Crippen LogP contribution in [0.1, 0.15) is 65.2 Å². The average molecular weight is 447 g/mol. The predicted octanol–water partition coefficient (Wildman–Crippen LogP) is 3.46. The smallest absolute Gasteiger partial charge is 0.305 e. The van der Waals surface area contributed by atoms with Crippen LogP contribution in [0.5, 0.6) is 0 Å². The first-order chi connectivity index (χ1) is 15.3. The Morgan fingerprint density at radius 2 is 1.78 bits per heavy atom. The van der Waals surface area contributed by atoms with Gasteiger partial charge in [0.05, 0.1) is 32.5 Å². The molecule has 7 heteroatoms. The van der Waals surface area contributed by atoms with Crippen molar-refractivity contribution >= 4 is 5.97 Å². The number of ether oxygens (including phenoxy) is 6. The van der Waals surface area contributed by atoms with Gasteiger partial charge in [0, 0.05) is 49.9 Å². The summed E-state index contributed by atoms with van der Waals surface area (Å²) >= 11 is 0. The number of allylic oxidation sites excluding steroid dienone is 1. The van der Waals surface area contributed by atoms with E-state index in [9.17, 15) is 4.79 Å². The van der Waals surface area contributed by atoms with Gasteiger partial charge in [0.15, 0.2) is 11.6 Å². The van der Waals surface area contributed by atoms with Crippen LogP contribution < -0.4 is 0 Å². The van der Waals surface area contributed by atoms with Gasteiger partial charge in [-0.25, -0.2) is 0 Å². The normalized spacial score (nSPS) is 49.6. The Morgan fingerprint density at radius 1 is 1.03 bits per heavy atom. The van der Waals surface area contributed by atoms with E-state index in [1.165, 1.54) is 12.5 Å². The maximum atomic E-state index is 12.4. The Hall–Kier alpha value is -0.990. The molecule has 0 aromatic heterocycles. The summed E-state index contributed by atoms with van der Waals surface area (Å²) in [6, 6.07) is 0. The monoisotopic (exact) mass is 446 g/mol. The van der Waals surface area contributed by atoms with E-state index in [4.69, 9.17) is 28.4 Å². The number of hydrogen-bond acceptors (Lipinski definition) is 7. The van der Waals surface area contributed by atoms with Gasteiger partial charge in [0.1, 0.15) is 0 Å². The highest BCUT2D eigenvalue weighted by Crippen LogP contribution is 2.72. The van der Waals surface area contributed by atoms with Gasteiger partial charge >= 0.3 is 5.97 Å². The molecule has 0 aromatic carbocycles. The minimum atomic E-state index is -0.934. The van der Waals surface area contributed by atoms with Crippen molar-refractivity contribution in [2.24, 2.45) is 22.7 Å². The van der Waals surface area contributed by atoms with Crippen LogP contribution in [0.3, 0.4) is 0 Å². The number of carbonyl (C=O) groups is 1. The Kier molecular flexibility index (Phi) is 4.05. The first-order valence-electron chi connectivity index (χ1n) is 12.5. The second-order valence-electron chi connectivity index (χ2n) is 11.5. The number of carbonyl (C=O) groups excluding carboxylic acids is 1. The first-order valence-corrected chi connectivity index (χ1v) is 12.5. The van der Waals surface area contributed by atoms with E-state index in [2.05, 4.69) is 13.0 Å². The van der Waals surface area contributed by atoms with Crippen molar-refractivity contribution < 1.29 is 33.2 Å². The Labute approximate surface area is 189 Å². The van der Waals surface area contributed by atoms with Gasteiger partial charge in [-0.1, -0.05) is 18.6 Å². The molecule has 32 heavy (non-hydrogen) atoms. The van der Waals surface area contributed by atoms with Gasteiger partial charge in [-0.3, -0.25) is 4.79 Å². The second kappa shape index (κ2) is 6.36.